The van der Waals surface area contributed by atoms with Gasteiger partial charge in [0.15, 0.2) is 0 Å². The minimum absolute atomic E-state index is 0.866. The van der Waals surface area contributed by atoms with E-state index in [1.807, 2.05) is 7.05 Å². The number of H-pyrrole nitrogens is 1. The van der Waals surface area contributed by atoms with E-state index in [0.717, 1.165) is 18.7 Å². The molecule has 0 unspecified atom stereocenters. The summed E-state index contributed by atoms with van der Waals surface area (Å²) in [5.41, 5.74) is 4.81. The summed E-state index contributed by atoms with van der Waals surface area (Å²) >= 11 is 1.70. The van der Waals surface area contributed by atoms with Crippen LogP contribution in [0.1, 0.15) is 18.2 Å². The fourth-order valence-electron chi connectivity index (χ4n) is 1.70. The Labute approximate surface area is 93.5 Å². The molecule has 4 heteroatoms. The second-order valence-electron chi connectivity index (χ2n) is 3.43. The van der Waals surface area contributed by atoms with Gasteiger partial charge in [-0.15, -0.1) is 0 Å². The van der Waals surface area contributed by atoms with Crippen molar-refractivity contribution in [2.24, 2.45) is 0 Å². The quantitative estimate of drug-likeness (QED) is 0.832. The number of aromatic nitrogens is 2. The maximum Gasteiger partial charge on any atom is 0.0976 e. The summed E-state index contributed by atoms with van der Waals surface area (Å²) in [6, 6.07) is 2.11. The molecule has 0 aliphatic rings. The minimum Gasteiger partial charge on any atom is -0.316 e. The Morgan fingerprint density at radius 1 is 1.53 bits per heavy atom. The molecule has 2 heterocycles. The summed E-state index contributed by atoms with van der Waals surface area (Å²) in [7, 11) is 1.96. The third-order valence-corrected chi connectivity index (χ3v) is 3.14. The third kappa shape index (κ3) is 1.96. The highest BCUT2D eigenvalue weighted by molar-refractivity contribution is 7.08. The molecule has 2 aromatic heterocycles. The molecule has 80 valence electrons. The van der Waals surface area contributed by atoms with Crippen LogP contribution in [-0.4, -0.2) is 17.2 Å². The largest absolute Gasteiger partial charge is 0.316 e. The van der Waals surface area contributed by atoms with E-state index in [-0.39, 0.29) is 0 Å². The number of nitrogens with one attached hydrogen (secondary N) is 2. The van der Waals surface area contributed by atoms with Gasteiger partial charge in [0.1, 0.15) is 0 Å². The van der Waals surface area contributed by atoms with Gasteiger partial charge in [-0.1, -0.05) is 6.92 Å². The van der Waals surface area contributed by atoms with Gasteiger partial charge in [0.05, 0.1) is 5.69 Å². The second kappa shape index (κ2) is 4.59. The third-order valence-electron chi connectivity index (χ3n) is 2.45. The lowest BCUT2D eigenvalue weighted by molar-refractivity contribution is 0.805. The molecule has 15 heavy (non-hydrogen) atoms. The number of aryl methyl sites for hydroxylation is 1. The Bertz CT molecular complexity index is 417. The number of hydrogen-bond acceptors (Lipinski definition) is 3. The molecule has 2 N–H and O–H groups in total. The minimum atomic E-state index is 0.866. The van der Waals surface area contributed by atoms with Crippen molar-refractivity contribution in [3.63, 3.8) is 0 Å². The van der Waals surface area contributed by atoms with Gasteiger partial charge < -0.3 is 5.32 Å². The Morgan fingerprint density at radius 3 is 3.00 bits per heavy atom. The van der Waals surface area contributed by atoms with Crippen molar-refractivity contribution in [2.75, 3.05) is 7.05 Å². The first-order valence-electron chi connectivity index (χ1n) is 5.10. The van der Waals surface area contributed by atoms with E-state index < -0.39 is 0 Å². The first-order valence-corrected chi connectivity index (χ1v) is 6.04. The molecular weight excluding hydrogens is 206 g/mol. The van der Waals surface area contributed by atoms with Crippen LogP contribution >= 0.6 is 11.3 Å². The van der Waals surface area contributed by atoms with Crippen molar-refractivity contribution in [3.8, 4) is 11.3 Å². The zero-order valence-electron chi connectivity index (χ0n) is 9.00. The molecule has 0 radical (unpaired) electrons. The van der Waals surface area contributed by atoms with Crippen LogP contribution in [0.15, 0.2) is 16.8 Å². The molecule has 0 saturated carbocycles. The summed E-state index contributed by atoms with van der Waals surface area (Å²) in [6.45, 7) is 3.01. The summed E-state index contributed by atoms with van der Waals surface area (Å²) < 4.78 is 0. The molecule has 0 saturated heterocycles. The van der Waals surface area contributed by atoms with Crippen molar-refractivity contribution in [1.29, 1.82) is 0 Å². The van der Waals surface area contributed by atoms with E-state index in [4.69, 9.17) is 0 Å². The van der Waals surface area contributed by atoms with Gasteiger partial charge in [0.2, 0.25) is 0 Å². The molecule has 0 bridgehead atoms. The molecule has 2 rings (SSSR count). The maximum absolute atomic E-state index is 4.39. The van der Waals surface area contributed by atoms with Gasteiger partial charge >= 0.3 is 0 Å². The monoisotopic (exact) mass is 221 g/mol. The highest BCUT2D eigenvalue weighted by Gasteiger charge is 2.12. The molecule has 2 aromatic rings. The molecule has 0 spiro atoms. The molecule has 0 aromatic carbocycles. The van der Waals surface area contributed by atoms with Crippen molar-refractivity contribution < 1.29 is 0 Å². The molecule has 0 amide bonds. The molecule has 0 atom stereocenters. The standard InChI is InChI=1S/C11H15N3S/c1-3-10-9(6-12-2)11(14-13-10)8-4-5-15-7-8/h4-5,7,12H,3,6H2,1-2H3,(H,13,14). The van der Waals surface area contributed by atoms with Crippen molar-refractivity contribution in [2.45, 2.75) is 19.9 Å². The lowest BCUT2D eigenvalue weighted by Gasteiger charge is -2.02. The highest BCUT2D eigenvalue weighted by Crippen LogP contribution is 2.25. The number of thiophene rings is 1. The van der Waals surface area contributed by atoms with Crippen LogP contribution in [0.4, 0.5) is 0 Å². The SMILES string of the molecule is CCc1[nH]nc(-c2ccsc2)c1CNC. The maximum atomic E-state index is 4.39. The van der Waals surface area contributed by atoms with E-state index in [1.54, 1.807) is 11.3 Å². The Balaban J connectivity index is 2.43. The Morgan fingerprint density at radius 2 is 2.40 bits per heavy atom. The van der Waals surface area contributed by atoms with Gasteiger partial charge in [-0.3, -0.25) is 5.10 Å². The van der Waals surface area contributed by atoms with E-state index >= 15 is 0 Å². The molecule has 0 aliphatic carbocycles. The highest BCUT2D eigenvalue weighted by atomic mass is 32.1. The van der Waals surface area contributed by atoms with Gasteiger partial charge in [0.25, 0.3) is 0 Å². The lowest BCUT2D eigenvalue weighted by atomic mass is 10.1. The second-order valence-corrected chi connectivity index (χ2v) is 4.21. The van der Waals surface area contributed by atoms with Crippen LogP contribution in [0.2, 0.25) is 0 Å². The van der Waals surface area contributed by atoms with Crippen LogP contribution in [-0.2, 0) is 13.0 Å². The number of hydrogen-bond donors (Lipinski definition) is 2. The van der Waals surface area contributed by atoms with Crippen LogP contribution in [0, 0.1) is 0 Å². The van der Waals surface area contributed by atoms with Gasteiger partial charge in [-0.25, -0.2) is 0 Å². The van der Waals surface area contributed by atoms with E-state index in [9.17, 15) is 0 Å². The smallest absolute Gasteiger partial charge is 0.0976 e. The molecule has 0 fully saturated rings. The van der Waals surface area contributed by atoms with Crippen molar-refractivity contribution in [3.05, 3.63) is 28.1 Å². The zero-order valence-corrected chi connectivity index (χ0v) is 9.82. The predicted molar refractivity (Wildman–Crippen MR) is 64.0 cm³/mol. The average molecular weight is 221 g/mol. The summed E-state index contributed by atoms with van der Waals surface area (Å²) in [5.74, 6) is 0. The molecule has 0 aliphatic heterocycles. The van der Waals surface area contributed by atoms with Crippen molar-refractivity contribution >= 4 is 11.3 Å². The van der Waals surface area contributed by atoms with Gasteiger partial charge in [-0.2, -0.15) is 16.4 Å². The van der Waals surface area contributed by atoms with E-state index in [1.165, 1.54) is 16.8 Å². The molecular formula is C11H15N3S. The van der Waals surface area contributed by atoms with Gasteiger partial charge in [-0.05, 0) is 24.9 Å². The zero-order chi connectivity index (χ0) is 10.7. The van der Waals surface area contributed by atoms with Crippen LogP contribution < -0.4 is 5.32 Å². The lowest BCUT2D eigenvalue weighted by Crippen LogP contribution is -2.07. The summed E-state index contributed by atoms with van der Waals surface area (Å²) in [6.07, 6.45) is 0.994. The average Bonchev–Trinajstić information content (AvgIpc) is 2.85. The van der Waals surface area contributed by atoms with Crippen LogP contribution in [0.3, 0.4) is 0 Å². The van der Waals surface area contributed by atoms with Crippen molar-refractivity contribution in [1.82, 2.24) is 15.5 Å². The predicted octanol–water partition coefficient (Wildman–Crippen LogP) is 2.42. The van der Waals surface area contributed by atoms with E-state index in [2.05, 4.69) is 39.3 Å². The number of nitrogens with zero attached hydrogens (tertiary/aromatic N) is 1. The number of rotatable bonds is 4. The Kier molecular flexibility index (Phi) is 3.18. The van der Waals surface area contributed by atoms with Gasteiger partial charge in [0, 0.05) is 28.7 Å². The first kappa shape index (κ1) is 10.4. The summed E-state index contributed by atoms with van der Waals surface area (Å²) in [4.78, 5) is 0. The fraction of sp³-hybridized carbons (Fsp3) is 0.364. The van der Waals surface area contributed by atoms with Crippen LogP contribution in [0.25, 0.3) is 11.3 Å². The molecule has 3 nitrogen and oxygen atoms in total. The van der Waals surface area contributed by atoms with Crippen LogP contribution in [0.5, 0.6) is 0 Å². The Hall–Kier alpha value is -1.13. The summed E-state index contributed by atoms with van der Waals surface area (Å²) in [5, 5.41) is 14.9. The van der Waals surface area contributed by atoms with E-state index in [0.29, 0.717) is 0 Å². The normalized spacial score (nSPS) is 10.8. The number of aromatic amines is 1. The fourth-order valence-corrected chi connectivity index (χ4v) is 2.34. The first-order chi connectivity index (χ1) is 7.36. The topological polar surface area (TPSA) is 40.7 Å².